The highest BCUT2D eigenvalue weighted by atomic mass is 16.5. The zero-order valence-corrected chi connectivity index (χ0v) is 16.8. The first kappa shape index (κ1) is 19.3. The number of amides is 1. The molecular formula is C22H20N6O2. The van der Waals surface area contributed by atoms with Crippen LogP contribution < -0.4 is 15.0 Å². The van der Waals surface area contributed by atoms with Crippen molar-refractivity contribution >= 4 is 28.3 Å². The molecule has 2 heterocycles. The number of nitrogens with zero attached hydrogens (tertiary/aromatic N) is 5. The predicted molar refractivity (Wildman–Crippen MR) is 114 cm³/mol. The number of nitrogens with one attached hydrogen (secondary N) is 1. The first-order chi connectivity index (χ1) is 14.5. The number of para-hydroxylation sites is 1. The molecule has 1 N–H and O–H groups in total. The van der Waals surface area contributed by atoms with E-state index < -0.39 is 0 Å². The summed E-state index contributed by atoms with van der Waals surface area (Å²) >= 11 is 0. The Balaban J connectivity index is 1.54. The number of rotatable bonds is 5. The molecule has 0 saturated heterocycles. The number of hydrogen-bond acceptors (Lipinski definition) is 7. The van der Waals surface area contributed by atoms with Gasteiger partial charge in [-0.1, -0.05) is 12.1 Å². The number of ether oxygens (including phenoxy) is 1. The maximum Gasteiger partial charge on any atom is 0.288 e. The van der Waals surface area contributed by atoms with Gasteiger partial charge in [-0.3, -0.25) is 4.79 Å². The van der Waals surface area contributed by atoms with Gasteiger partial charge in [-0.2, -0.15) is 0 Å². The zero-order chi connectivity index (χ0) is 21.1. The smallest absolute Gasteiger partial charge is 0.288 e. The minimum absolute atomic E-state index is 0.0918. The fraction of sp³-hybridized carbons (Fsp3) is 0.136. The normalized spacial score (nSPS) is 10.6. The third-order valence-corrected chi connectivity index (χ3v) is 4.53. The van der Waals surface area contributed by atoms with Gasteiger partial charge in [-0.15, -0.1) is 0 Å². The van der Waals surface area contributed by atoms with Crippen molar-refractivity contribution in [2.75, 3.05) is 19.0 Å². The summed E-state index contributed by atoms with van der Waals surface area (Å²) in [6, 6.07) is 15.5. The Labute approximate surface area is 173 Å². The van der Waals surface area contributed by atoms with Crippen LogP contribution in [0.3, 0.4) is 0 Å². The van der Waals surface area contributed by atoms with Crippen LogP contribution in [0.15, 0.2) is 60.9 Å². The average molecular weight is 400 g/mol. The van der Waals surface area contributed by atoms with Gasteiger partial charge in [0, 0.05) is 25.2 Å². The van der Waals surface area contributed by atoms with Gasteiger partial charge in [0.1, 0.15) is 17.4 Å². The average Bonchev–Trinajstić information content (AvgIpc) is 2.78. The Kier molecular flexibility index (Phi) is 5.21. The molecule has 8 nitrogen and oxygen atoms in total. The standard InChI is InChI=1S/C22H20N6O2/c1-14-26-19-7-5-4-6-18(19)21(27-14)28(3)15-8-10-16(11-9-15)30-17-12-24-20(25-13-17)22(29)23-2/h4-13H,1-3H3,(H,23,29). The highest BCUT2D eigenvalue weighted by Gasteiger charge is 2.12. The fourth-order valence-electron chi connectivity index (χ4n) is 3.02. The van der Waals surface area contributed by atoms with Crippen LogP contribution in [0.5, 0.6) is 11.5 Å². The number of carbonyl (C=O) groups is 1. The molecule has 0 aliphatic rings. The zero-order valence-electron chi connectivity index (χ0n) is 16.8. The molecule has 0 atom stereocenters. The second kappa shape index (κ2) is 8.12. The van der Waals surface area contributed by atoms with Crippen molar-refractivity contribution in [2.24, 2.45) is 0 Å². The van der Waals surface area contributed by atoms with Crippen LogP contribution in [0.4, 0.5) is 11.5 Å². The quantitative estimate of drug-likeness (QED) is 0.546. The summed E-state index contributed by atoms with van der Waals surface area (Å²) in [6.07, 6.45) is 2.93. The molecule has 0 aliphatic heterocycles. The molecule has 4 aromatic rings. The van der Waals surface area contributed by atoms with Crippen molar-refractivity contribution in [1.29, 1.82) is 0 Å². The van der Waals surface area contributed by atoms with Crippen molar-refractivity contribution in [3.63, 3.8) is 0 Å². The summed E-state index contributed by atoms with van der Waals surface area (Å²) in [5, 5.41) is 3.46. The van der Waals surface area contributed by atoms with E-state index in [1.807, 2.05) is 67.4 Å². The Hall–Kier alpha value is -4.07. The maximum absolute atomic E-state index is 11.5. The van der Waals surface area contributed by atoms with Gasteiger partial charge in [-0.25, -0.2) is 19.9 Å². The van der Waals surface area contributed by atoms with Crippen molar-refractivity contribution in [2.45, 2.75) is 6.92 Å². The lowest BCUT2D eigenvalue weighted by atomic mass is 10.2. The predicted octanol–water partition coefficient (Wildman–Crippen LogP) is 3.65. The first-order valence-corrected chi connectivity index (χ1v) is 9.34. The summed E-state index contributed by atoms with van der Waals surface area (Å²) in [7, 11) is 3.50. The minimum Gasteiger partial charge on any atom is -0.454 e. The summed E-state index contributed by atoms with van der Waals surface area (Å²) in [5.74, 6) is 2.38. The summed E-state index contributed by atoms with van der Waals surface area (Å²) < 4.78 is 5.78. The molecule has 0 saturated carbocycles. The van der Waals surface area contributed by atoms with E-state index in [0.29, 0.717) is 11.5 Å². The minimum atomic E-state index is -0.346. The molecule has 30 heavy (non-hydrogen) atoms. The number of hydrogen-bond donors (Lipinski definition) is 1. The van der Waals surface area contributed by atoms with Crippen LogP contribution in [0.25, 0.3) is 10.9 Å². The Morgan fingerprint density at radius 3 is 2.37 bits per heavy atom. The monoisotopic (exact) mass is 400 g/mol. The maximum atomic E-state index is 11.5. The number of carbonyl (C=O) groups excluding carboxylic acids is 1. The van der Waals surface area contributed by atoms with E-state index in [1.54, 1.807) is 0 Å². The van der Waals surface area contributed by atoms with Gasteiger partial charge in [-0.05, 0) is 43.3 Å². The van der Waals surface area contributed by atoms with Gasteiger partial charge >= 0.3 is 0 Å². The molecule has 0 radical (unpaired) electrons. The molecule has 0 spiro atoms. The molecule has 0 bridgehead atoms. The van der Waals surface area contributed by atoms with E-state index in [4.69, 9.17) is 4.74 Å². The van der Waals surface area contributed by atoms with Crippen LogP contribution in [-0.4, -0.2) is 39.9 Å². The molecule has 150 valence electrons. The fourth-order valence-corrected chi connectivity index (χ4v) is 3.02. The third kappa shape index (κ3) is 3.88. The molecular weight excluding hydrogens is 380 g/mol. The molecule has 1 amide bonds. The Morgan fingerprint density at radius 1 is 0.967 bits per heavy atom. The van der Waals surface area contributed by atoms with E-state index in [2.05, 4.69) is 25.3 Å². The summed E-state index contributed by atoms with van der Waals surface area (Å²) in [6.45, 7) is 1.89. The van der Waals surface area contributed by atoms with Crippen LogP contribution in [-0.2, 0) is 0 Å². The lowest BCUT2D eigenvalue weighted by molar-refractivity contribution is 0.0952. The van der Waals surface area contributed by atoms with E-state index in [-0.39, 0.29) is 11.7 Å². The number of benzene rings is 2. The number of aromatic nitrogens is 4. The lowest BCUT2D eigenvalue weighted by Crippen LogP contribution is -2.20. The van der Waals surface area contributed by atoms with Crippen LogP contribution >= 0.6 is 0 Å². The van der Waals surface area contributed by atoms with Crippen molar-refractivity contribution in [3.05, 3.63) is 72.6 Å². The molecule has 4 rings (SSSR count). The number of aryl methyl sites for hydroxylation is 1. The first-order valence-electron chi connectivity index (χ1n) is 9.34. The summed E-state index contributed by atoms with van der Waals surface area (Å²) in [4.78, 5) is 30.7. The van der Waals surface area contributed by atoms with E-state index in [1.165, 1.54) is 19.4 Å². The van der Waals surface area contributed by atoms with Gasteiger partial charge in [0.15, 0.2) is 5.75 Å². The number of fused-ring (bicyclic) bond motifs is 1. The Bertz CT molecular complexity index is 1190. The van der Waals surface area contributed by atoms with Crippen molar-refractivity contribution < 1.29 is 9.53 Å². The topological polar surface area (TPSA) is 93.1 Å². The molecule has 0 fully saturated rings. The highest BCUT2D eigenvalue weighted by Crippen LogP contribution is 2.30. The van der Waals surface area contributed by atoms with Crippen LogP contribution in [0, 0.1) is 6.92 Å². The molecule has 2 aromatic carbocycles. The van der Waals surface area contributed by atoms with Crippen LogP contribution in [0.2, 0.25) is 0 Å². The van der Waals surface area contributed by atoms with Gasteiger partial charge in [0.25, 0.3) is 5.91 Å². The summed E-state index contributed by atoms with van der Waals surface area (Å²) in [5.41, 5.74) is 1.86. The molecule has 0 aliphatic carbocycles. The molecule has 0 unspecified atom stereocenters. The van der Waals surface area contributed by atoms with Gasteiger partial charge < -0.3 is 15.0 Å². The van der Waals surface area contributed by atoms with Gasteiger partial charge in [0.05, 0.1) is 17.9 Å². The highest BCUT2D eigenvalue weighted by molar-refractivity contribution is 5.91. The second-order valence-corrected chi connectivity index (χ2v) is 6.59. The number of anilines is 2. The van der Waals surface area contributed by atoms with Crippen molar-refractivity contribution in [3.8, 4) is 11.5 Å². The largest absolute Gasteiger partial charge is 0.454 e. The Morgan fingerprint density at radius 2 is 1.67 bits per heavy atom. The van der Waals surface area contributed by atoms with Crippen molar-refractivity contribution in [1.82, 2.24) is 25.3 Å². The molecule has 8 heteroatoms. The lowest BCUT2D eigenvalue weighted by Gasteiger charge is -2.20. The van der Waals surface area contributed by atoms with E-state index in [9.17, 15) is 4.79 Å². The molecule has 2 aromatic heterocycles. The SMILES string of the molecule is CNC(=O)c1ncc(Oc2ccc(N(C)c3nc(C)nc4ccccc34)cc2)cn1. The van der Waals surface area contributed by atoms with Gasteiger partial charge in [0.2, 0.25) is 5.82 Å². The van der Waals surface area contributed by atoms with E-state index in [0.717, 1.165) is 28.2 Å². The van der Waals surface area contributed by atoms with Crippen LogP contribution in [0.1, 0.15) is 16.4 Å². The van der Waals surface area contributed by atoms with E-state index >= 15 is 0 Å². The second-order valence-electron chi connectivity index (χ2n) is 6.59. The third-order valence-electron chi connectivity index (χ3n) is 4.53.